The third kappa shape index (κ3) is 1.71. The largest absolute Gasteiger partial charge is 0.379 e. The molecule has 1 atom stereocenters. The number of halogens is 2. The van der Waals surface area contributed by atoms with Gasteiger partial charge in [0.25, 0.3) is 0 Å². The highest BCUT2D eigenvalue weighted by Gasteiger charge is 2.22. The molecule has 6 heteroatoms. The number of nitrogen functional groups attached to an aromatic ring is 1. The number of anilines is 1. The lowest BCUT2D eigenvalue weighted by atomic mass is 10.2. The van der Waals surface area contributed by atoms with Crippen molar-refractivity contribution < 1.29 is 9.13 Å². The van der Waals surface area contributed by atoms with E-state index in [0.717, 1.165) is 11.9 Å². The second kappa shape index (κ2) is 3.96. The lowest BCUT2D eigenvalue weighted by molar-refractivity contribution is 0.187. The number of benzene rings is 1. The van der Waals surface area contributed by atoms with Crippen LogP contribution in [-0.4, -0.2) is 22.8 Å². The van der Waals surface area contributed by atoms with Crippen LogP contribution in [0.25, 0.3) is 11.0 Å². The molecule has 2 N–H and O–H groups in total. The molecule has 1 aliphatic rings. The van der Waals surface area contributed by atoms with Crippen molar-refractivity contribution in [3.8, 4) is 0 Å². The molecule has 2 aromatic rings. The average Bonchev–Trinajstić information content (AvgIpc) is 2.86. The molecule has 0 aliphatic carbocycles. The standard InChI is InChI=1S/C11H11BrFN3O/c12-7-3-9-10(4-8(7)13)16(11(14)15-9)6-1-2-17-5-6/h3-4,6H,1-2,5H2,(H2,14,15). The second-order valence-electron chi connectivity index (χ2n) is 4.11. The normalized spacial score (nSPS) is 20.2. The minimum atomic E-state index is -0.308. The molecule has 4 nitrogen and oxygen atoms in total. The zero-order valence-electron chi connectivity index (χ0n) is 8.99. The lowest BCUT2D eigenvalue weighted by Crippen LogP contribution is -2.11. The van der Waals surface area contributed by atoms with E-state index in [1.165, 1.54) is 6.07 Å². The number of nitrogens with zero attached hydrogens (tertiary/aromatic N) is 2. The summed E-state index contributed by atoms with van der Waals surface area (Å²) in [6.45, 7) is 1.32. The maximum absolute atomic E-state index is 13.6. The fraction of sp³-hybridized carbons (Fsp3) is 0.364. The van der Waals surface area contributed by atoms with Crippen LogP contribution < -0.4 is 5.73 Å². The van der Waals surface area contributed by atoms with Crippen LogP contribution in [0.3, 0.4) is 0 Å². The number of imidazole rings is 1. The molecular weight excluding hydrogens is 289 g/mol. The molecule has 1 aliphatic heterocycles. The average molecular weight is 300 g/mol. The summed E-state index contributed by atoms with van der Waals surface area (Å²) < 4.78 is 21.2. The number of aromatic nitrogens is 2. The van der Waals surface area contributed by atoms with Crippen molar-refractivity contribution in [2.75, 3.05) is 18.9 Å². The van der Waals surface area contributed by atoms with Gasteiger partial charge in [0.05, 0.1) is 28.2 Å². The van der Waals surface area contributed by atoms with Gasteiger partial charge in [-0.25, -0.2) is 9.37 Å². The Morgan fingerprint density at radius 3 is 3.06 bits per heavy atom. The predicted octanol–water partition coefficient (Wildman–Crippen LogP) is 2.48. The van der Waals surface area contributed by atoms with Gasteiger partial charge in [0.2, 0.25) is 5.95 Å². The molecule has 0 amide bonds. The van der Waals surface area contributed by atoms with Crippen LogP contribution in [0.4, 0.5) is 10.3 Å². The van der Waals surface area contributed by atoms with Crippen molar-refractivity contribution in [2.45, 2.75) is 12.5 Å². The Kier molecular flexibility index (Phi) is 2.56. The molecule has 90 valence electrons. The first-order chi connectivity index (χ1) is 8.16. The summed E-state index contributed by atoms with van der Waals surface area (Å²) in [4.78, 5) is 4.25. The van der Waals surface area contributed by atoms with Gasteiger partial charge < -0.3 is 15.0 Å². The number of hydrogen-bond acceptors (Lipinski definition) is 3. The smallest absolute Gasteiger partial charge is 0.201 e. The van der Waals surface area contributed by atoms with E-state index in [1.54, 1.807) is 6.07 Å². The molecule has 2 heterocycles. The zero-order chi connectivity index (χ0) is 12.0. The maximum Gasteiger partial charge on any atom is 0.201 e. The van der Waals surface area contributed by atoms with Crippen LogP contribution in [0.15, 0.2) is 16.6 Å². The zero-order valence-corrected chi connectivity index (χ0v) is 10.6. The van der Waals surface area contributed by atoms with Crippen molar-refractivity contribution in [2.24, 2.45) is 0 Å². The molecule has 1 aromatic heterocycles. The van der Waals surface area contributed by atoms with E-state index >= 15 is 0 Å². The van der Waals surface area contributed by atoms with Crippen LogP contribution in [0, 0.1) is 5.82 Å². The Bertz CT molecular complexity index is 578. The van der Waals surface area contributed by atoms with Gasteiger partial charge in [-0.2, -0.15) is 0 Å². The third-order valence-electron chi connectivity index (χ3n) is 3.03. The summed E-state index contributed by atoms with van der Waals surface area (Å²) in [5, 5.41) is 0. The van der Waals surface area contributed by atoms with Crippen molar-refractivity contribution in [3.05, 3.63) is 22.4 Å². The van der Waals surface area contributed by atoms with Gasteiger partial charge in [0.1, 0.15) is 5.82 Å². The minimum absolute atomic E-state index is 0.153. The molecule has 3 rings (SSSR count). The summed E-state index contributed by atoms with van der Waals surface area (Å²) in [6.07, 6.45) is 0.882. The van der Waals surface area contributed by atoms with Crippen LogP contribution in [0.5, 0.6) is 0 Å². The van der Waals surface area contributed by atoms with Crippen molar-refractivity contribution >= 4 is 32.9 Å². The summed E-state index contributed by atoms with van der Waals surface area (Å²) in [6, 6.07) is 3.26. The first-order valence-corrected chi connectivity index (χ1v) is 6.16. The van der Waals surface area contributed by atoms with E-state index in [9.17, 15) is 4.39 Å². The molecule has 0 spiro atoms. The molecule has 0 bridgehead atoms. The van der Waals surface area contributed by atoms with Crippen LogP contribution in [0.1, 0.15) is 12.5 Å². The molecule has 1 aromatic carbocycles. The monoisotopic (exact) mass is 299 g/mol. The summed E-state index contributed by atoms with van der Waals surface area (Å²) >= 11 is 3.14. The van der Waals surface area contributed by atoms with Crippen molar-refractivity contribution in [1.29, 1.82) is 0 Å². The first-order valence-electron chi connectivity index (χ1n) is 5.37. The van der Waals surface area contributed by atoms with Crippen molar-refractivity contribution in [3.63, 3.8) is 0 Å². The molecule has 1 fully saturated rings. The maximum atomic E-state index is 13.6. The van der Waals surface area contributed by atoms with Gasteiger partial charge in [-0.1, -0.05) is 0 Å². The van der Waals surface area contributed by atoms with Gasteiger partial charge in [-0.05, 0) is 28.4 Å². The molecular formula is C11H11BrFN3O. The van der Waals surface area contributed by atoms with Gasteiger partial charge in [-0.15, -0.1) is 0 Å². The van der Waals surface area contributed by atoms with E-state index < -0.39 is 0 Å². The predicted molar refractivity (Wildman–Crippen MR) is 66.3 cm³/mol. The fourth-order valence-electron chi connectivity index (χ4n) is 2.22. The number of rotatable bonds is 1. The first kappa shape index (κ1) is 11.0. The summed E-state index contributed by atoms with van der Waals surface area (Å²) in [7, 11) is 0. The Hall–Kier alpha value is -1.14. The van der Waals surface area contributed by atoms with Gasteiger partial charge in [0, 0.05) is 12.7 Å². The van der Waals surface area contributed by atoms with Crippen molar-refractivity contribution in [1.82, 2.24) is 9.55 Å². The fourth-order valence-corrected chi connectivity index (χ4v) is 2.55. The van der Waals surface area contributed by atoms with Crippen LogP contribution in [0.2, 0.25) is 0 Å². The van der Waals surface area contributed by atoms with E-state index in [-0.39, 0.29) is 11.9 Å². The van der Waals surface area contributed by atoms with Gasteiger partial charge in [0.15, 0.2) is 0 Å². The number of fused-ring (bicyclic) bond motifs is 1. The third-order valence-corrected chi connectivity index (χ3v) is 3.64. The minimum Gasteiger partial charge on any atom is -0.379 e. The SMILES string of the molecule is Nc1nc2cc(Br)c(F)cc2n1C1CCOC1. The van der Waals surface area contributed by atoms with Crippen LogP contribution in [-0.2, 0) is 4.74 Å². The highest BCUT2D eigenvalue weighted by atomic mass is 79.9. The van der Waals surface area contributed by atoms with Gasteiger partial charge >= 0.3 is 0 Å². The van der Waals surface area contributed by atoms with E-state index in [2.05, 4.69) is 20.9 Å². The van der Waals surface area contributed by atoms with Crippen LogP contribution >= 0.6 is 15.9 Å². The molecule has 0 saturated carbocycles. The Morgan fingerprint density at radius 2 is 2.35 bits per heavy atom. The number of nitrogens with two attached hydrogens (primary N) is 1. The highest BCUT2D eigenvalue weighted by molar-refractivity contribution is 9.10. The molecule has 17 heavy (non-hydrogen) atoms. The van der Waals surface area contributed by atoms with E-state index in [4.69, 9.17) is 10.5 Å². The second-order valence-corrected chi connectivity index (χ2v) is 4.97. The number of hydrogen-bond donors (Lipinski definition) is 1. The summed E-state index contributed by atoms with van der Waals surface area (Å²) in [5.74, 6) is 0.102. The Labute approximate surface area is 106 Å². The molecule has 1 saturated heterocycles. The quantitative estimate of drug-likeness (QED) is 0.880. The lowest BCUT2D eigenvalue weighted by Gasteiger charge is -2.12. The highest BCUT2D eigenvalue weighted by Crippen LogP contribution is 2.30. The Morgan fingerprint density at radius 1 is 1.53 bits per heavy atom. The van der Waals surface area contributed by atoms with E-state index in [1.807, 2.05) is 4.57 Å². The molecule has 1 unspecified atom stereocenters. The van der Waals surface area contributed by atoms with E-state index in [0.29, 0.717) is 29.2 Å². The topological polar surface area (TPSA) is 53.1 Å². The Balaban J connectivity index is 2.22. The molecule has 0 radical (unpaired) electrons. The number of ether oxygens (including phenoxy) is 1. The summed E-state index contributed by atoms with van der Waals surface area (Å²) in [5.41, 5.74) is 7.31. The van der Waals surface area contributed by atoms with Gasteiger partial charge in [-0.3, -0.25) is 0 Å².